The van der Waals surface area contributed by atoms with Gasteiger partial charge in [0.2, 0.25) is 0 Å². The van der Waals surface area contributed by atoms with Gasteiger partial charge in [-0.3, -0.25) is 4.40 Å². The Balaban J connectivity index is 2.24. The van der Waals surface area contributed by atoms with Crippen molar-refractivity contribution in [3.05, 3.63) is 47.9 Å². The highest BCUT2D eigenvalue weighted by molar-refractivity contribution is 6.29. The zero-order valence-corrected chi connectivity index (χ0v) is 9.26. The fourth-order valence-corrected chi connectivity index (χ4v) is 1.77. The van der Waals surface area contributed by atoms with E-state index in [1.807, 2.05) is 0 Å². The molecule has 0 amide bonds. The van der Waals surface area contributed by atoms with Crippen molar-refractivity contribution >= 4 is 17.2 Å². The van der Waals surface area contributed by atoms with E-state index in [0.717, 1.165) is 5.69 Å². The van der Waals surface area contributed by atoms with Crippen LogP contribution in [-0.2, 0) is 0 Å². The summed E-state index contributed by atoms with van der Waals surface area (Å²) in [5, 5.41) is 0.354. The molecule has 0 unspecified atom stereocenters. The number of aromatic nitrogens is 4. The van der Waals surface area contributed by atoms with E-state index in [4.69, 9.17) is 11.6 Å². The molecule has 0 radical (unpaired) electrons. The smallest absolute Gasteiger partial charge is 0.140 e. The molecule has 0 aliphatic heterocycles. The summed E-state index contributed by atoms with van der Waals surface area (Å²) < 4.78 is 14.8. The minimum Gasteiger partial charge on any atom is -0.298 e. The minimum atomic E-state index is -0.324. The minimum absolute atomic E-state index is 0.324. The van der Waals surface area contributed by atoms with Gasteiger partial charge in [0.1, 0.15) is 22.9 Å². The molecule has 0 aromatic carbocycles. The van der Waals surface area contributed by atoms with Crippen LogP contribution in [0.15, 0.2) is 36.9 Å². The van der Waals surface area contributed by atoms with Crippen LogP contribution in [0.3, 0.4) is 0 Å². The molecule has 3 aromatic heterocycles. The van der Waals surface area contributed by atoms with E-state index in [0.29, 0.717) is 16.5 Å². The number of imidazole rings is 1. The van der Waals surface area contributed by atoms with E-state index in [1.165, 1.54) is 18.5 Å². The molecule has 84 valence electrons. The molecule has 17 heavy (non-hydrogen) atoms. The van der Waals surface area contributed by atoms with Gasteiger partial charge in [0.25, 0.3) is 0 Å². The Kier molecular flexibility index (Phi) is 2.26. The first-order valence-corrected chi connectivity index (χ1v) is 5.22. The Morgan fingerprint density at radius 3 is 2.88 bits per heavy atom. The van der Waals surface area contributed by atoms with Crippen molar-refractivity contribution in [3.63, 3.8) is 0 Å². The lowest BCUT2D eigenvalue weighted by Gasteiger charge is -2.00. The van der Waals surface area contributed by atoms with Crippen LogP contribution in [0.25, 0.3) is 17.0 Å². The molecule has 0 aliphatic carbocycles. The third kappa shape index (κ3) is 1.74. The molecule has 3 heterocycles. The van der Waals surface area contributed by atoms with Gasteiger partial charge in [-0.05, 0) is 6.07 Å². The normalized spacial score (nSPS) is 10.9. The lowest BCUT2D eigenvalue weighted by atomic mass is 10.3. The zero-order chi connectivity index (χ0) is 11.8. The quantitative estimate of drug-likeness (QED) is 0.622. The number of rotatable bonds is 1. The topological polar surface area (TPSA) is 43.1 Å². The first-order valence-electron chi connectivity index (χ1n) is 4.84. The van der Waals surface area contributed by atoms with Gasteiger partial charge in [0.05, 0.1) is 17.6 Å². The molecule has 0 spiro atoms. The largest absolute Gasteiger partial charge is 0.298 e. The molecule has 3 rings (SSSR count). The fourth-order valence-electron chi connectivity index (χ4n) is 1.62. The number of halogens is 2. The number of pyridine rings is 1. The molecule has 0 saturated carbocycles. The van der Waals surface area contributed by atoms with E-state index >= 15 is 0 Å². The first-order chi connectivity index (χ1) is 8.24. The maximum absolute atomic E-state index is 13.0. The van der Waals surface area contributed by atoms with Gasteiger partial charge in [0, 0.05) is 18.3 Å². The highest BCUT2D eigenvalue weighted by Crippen LogP contribution is 2.20. The summed E-state index contributed by atoms with van der Waals surface area (Å²) in [6, 6.07) is 4.35. The maximum atomic E-state index is 13.0. The summed E-state index contributed by atoms with van der Waals surface area (Å²) in [5.41, 5.74) is 1.91. The van der Waals surface area contributed by atoms with Gasteiger partial charge in [0.15, 0.2) is 0 Å². The molecule has 0 fully saturated rings. The number of hydrogen-bond acceptors (Lipinski definition) is 3. The van der Waals surface area contributed by atoms with Gasteiger partial charge < -0.3 is 0 Å². The molecule has 0 saturated heterocycles. The summed E-state index contributed by atoms with van der Waals surface area (Å²) in [4.78, 5) is 12.0. The van der Waals surface area contributed by atoms with Crippen LogP contribution >= 0.6 is 11.6 Å². The first kappa shape index (κ1) is 10.2. The predicted molar refractivity (Wildman–Crippen MR) is 61.2 cm³/mol. The van der Waals surface area contributed by atoms with Crippen molar-refractivity contribution in [2.75, 3.05) is 0 Å². The van der Waals surface area contributed by atoms with E-state index in [9.17, 15) is 4.39 Å². The molecule has 0 aliphatic rings. The maximum Gasteiger partial charge on any atom is 0.140 e. The van der Waals surface area contributed by atoms with Crippen molar-refractivity contribution in [1.29, 1.82) is 0 Å². The molecule has 3 aromatic rings. The fraction of sp³-hybridized carbons (Fsp3) is 0. The molecule has 4 nitrogen and oxygen atoms in total. The molecular weight excluding hydrogens is 243 g/mol. The summed E-state index contributed by atoms with van der Waals surface area (Å²) >= 11 is 5.80. The van der Waals surface area contributed by atoms with Crippen LogP contribution in [0.5, 0.6) is 0 Å². The Hall–Kier alpha value is -2.01. The second-order valence-corrected chi connectivity index (χ2v) is 3.83. The standard InChI is InChI=1S/C11H6ClFN4/c12-10-4-8(15-6-16-10)9-5-14-11-3-7(13)1-2-17(9)11/h1-6H. The monoisotopic (exact) mass is 248 g/mol. The number of hydrogen-bond donors (Lipinski definition) is 0. The van der Waals surface area contributed by atoms with Crippen LogP contribution in [0.2, 0.25) is 5.15 Å². The molecule has 0 atom stereocenters. The Labute approximate surface area is 101 Å². The SMILES string of the molecule is Fc1ccn2c(-c3cc(Cl)ncn3)cnc2c1. The Bertz CT molecular complexity index is 695. The van der Waals surface area contributed by atoms with Crippen LogP contribution in [0.4, 0.5) is 4.39 Å². The van der Waals surface area contributed by atoms with E-state index in [1.54, 1.807) is 22.9 Å². The summed E-state index contributed by atoms with van der Waals surface area (Å²) in [6.07, 6.45) is 4.59. The number of fused-ring (bicyclic) bond motifs is 1. The third-order valence-electron chi connectivity index (χ3n) is 2.37. The van der Waals surface area contributed by atoms with Crippen molar-refractivity contribution in [2.24, 2.45) is 0 Å². The van der Waals surface area contributed by atoms with Crippen molar-refractivity contribution < 1.29 is 4.39 Å². The van der Waals surface area contributed by atoms with Crippen molar-refractivity contribution in [3.8, 4) is 11.4 Å². The zero-order valence-electron chi connectivity index (χ0n) is 8.51. The second-order valence-electron chi connectivity index (χ2n) is 3.44. The highest BCUT2D eigenvalue weighted by Gasteiger charge is 2.08. The molecule has 0 N–H and O–H groups in total. The van der Waals surface area contributed by atoms with E-state index < -0.39 is 0 Å². The van der Waals surface area contributed by atoms with E-state index in [-0.39, 0.29) is 5.82 Å². The molecule has 0 bridgehead atoms. The predicted octanol–water partition coefficient (Wildman–Crippen LogP) is 2.58. The van der Waals surface area contributed by atoms with Gasteiger partial charge in [-0.25, -0.2) is 19.3 Å². The average molecular weight is 249 g/mol. The van der Waals surface area contributed by atoms with Gasteiger partial charge in [-0.15, -0.1) is 0 Å². The Morgan fingerprint density at radius 2 is 2.06 bits per heavy atom. The second kappa shape index (κ2) is 3.78. The van der Waals surface area contributed by atoms with Crippen LogP contribution in [-0.4, -0.2) is 19.4 Å². The van der Waals surface area contributed by atoms with Gasteiger partial charge in [-0.2, -0.15) is 0 Å². The van der Waals surface area contributed by atoms with Crippen LogP contribution < -0.4 is 0 Å². The lowest BCUT2D eigenvalue weighted by molar-refractivity contribution is 0.626. The molecule has 6 heteroatoms. The summed E-state index contributed by atoms with van der Waals surface area (Å²) in [7, 11) is 0. The average Bonchev–Trinajstić information content (AvgIpc) is 2.71. The Morgan fingerprint density at radius 1 is 1.18 bits per heavy atom. The summed E-state index contributed by atoms with van der Waals surface area (Å²) in [5.74, 6) is -0.324. The van der Waals surface area contributed by atoms with Crippen LogP contribution in [0.1, 0.15) is 0 Å². The number of nitrogens with zero attached hydrogens (tertiary/aromatic N) is 4. The molecular formula is C11H6ClFN4. The van der Waals surface area contributed by atoms with E-state index in [2.05, 4.69) is 15.0 Å². The van der Waals surface area contributed by atoms with Gasteiger partial charge in [-0.1, -0.05) is 11.6 Å². The van der Waals surface area contributed by atoms with Crippen molar-refractivity contribution in [2.45, 2.75) is 0 Å². The van der Waals surface area contributed by atoms with Crippen molar-refractivity contribution in [1.82, 2.24) is 19.4 Å². The van der Waals surface area contributed by atoms with Gasteiger partial charge >= 0.3 is 0 Å². The van der Waals surface area contributed by atoms with Crippen LogP contribution in [0, 0.1) is 5.82 Å². The highest BCUT2D eigenvalue weighted by atomic mass is 35.5. The summed E-state index contributed by atoms with van der Waals surface area (Å²) in [6.45, 7) is 0. The third-order valence-corrected chi connectivity index (χ3v) is 2.58. The lowest BCUT2D eigenvalue weighted by Crippen LogP contribution is -1.91.